The Kier molecular flexibility index (Phi) is 2.47. The van der Waals surface area contributed by atoms with E-state index in [2.05, 4.69) is 14.8 Å². The number of rotatable bonds is 1. The van der Waals surface area contributed by atoms with E-state index < -0.39 is 0 Å². The summed E-state index contributed by atoms with van der Waals surface area (Å²) < 4.78 is 0. The summed E-state index contributed by atoms with van der Waals surface area (Å²) in [6, 6.07) is 11.7. The summed E-state index contributed by atoms with van der Waals surface area (Å²) in [5, 5.41) is 11.8. The molecule has 0 heterocycles. The van der Waals surface area contributed by atoms with Gasteiger partial charge in [0.05, 0.1) is 4.90 Å². The standard InChI is InChI=1S/C10H7BrOS/c11-13-9-6-5-7-3-1-2-4-8(7)10(9)12/h1-6,12H. The molecule has 0 bridgehead atoms. The minimum absolute atomic E-state index is 0.347. The van der Waals surface area contributed by atoms with Crippen LogP contribution in [0.4, 0.5) is 0 Å². The highest BCUT2D eigenvalue weighted by Crippen LogP contribution is 2.37. The second-order valence-corrected chi connectivity index (χ2v) is 4.28. The monoisotopic (exact) mass is 254 g/mol. The zero-order chi connectivity index (χ0) is 9.26. The van der Waals surface area contributed by atoms with Gasteiger partial charge in [0.15, 0.2) is 0 Å². The van der Waals surface area contributed by atoms with Gasteiger partial charge in [-0.25, -0.2) is 0 Å². The van der Waals surface area contributed by atoms with Crippen LogP contribution < -0.4 is 0 Å². The van der Waals surface area contributed by atoms with E-state index in [0.717, 1.165) is 15.7 Å². The predicted octanol–water partition coefficient (Wildman–Crippen LogP) is 3.95. The Morgan fingerprint density at radius 2 is 1.85 bits per heavy atom. The highest BCUT2D eigenvalue weighted by atomic mass is 79.9. The van der Waals surface area contributed by atoms with E-state index in [-0.39, 0.29) is 0 Å². The van der Waals surface area contributed by atoms with Gasteiger partial charge in [-0.1, -0.05) is 30.3 Å². The van der Waals surface area contributed by atoms with Crippen LogP contribution in [0.5, 0.6) is 5.75 Å². The molecule has 66 valence electrons. The topological polar surface area (TPSA) is 20.2 Å². The Morgan fingerprint density at radius 3 is 2.62 bits per heavy atom. The van der Waals surface area contributed by atoms with Crippen molar-refractivity contribution in [3.63, 3.8) is 0 Å². The molecule has 0 radical (unpaired) electrons. The highest BCUT2D eigenvalue weighted by molar-refractivity contribution is 9.50. The second kappa shape index (κ2) is 3.60. The number of benzene rings is 2. The zero-order valence-electron chi connectivity index (χ0n) is 6.70. The van der Waals surface area contributed by atoms with Crippen molar-refractivity contribution in [1.82, 2.24) is 0 Å². The molecule has 2 rings (SSSR count). The summed E-state index contributed by atoms with van der Waals surface area (Å²) in [4.78, 5) is 0.846. The first-order valence-corrected chi connectivity index (χ1v) is 6.48. The van der Waals surface area contributed by atoms with E-state index in [1.54, 1.807) is 0 Å². The van der Waals surface area contributed by atoms with Crippen LogP contribution in [-0.4, -0.2) is 5.11 Å². The molecular weight excluding hydrogens is 248 g/mol. The fourth-order valence-corrected chi connectivity index (χ4v) is 2.38. The fourth-order valence-electron chi connectivity index (χ4n) is 1.30. The lowest BCUT2D eigenvalue weighted by Gasteiger charge is -2.03. The van der Waals surface area contributed by atoms with Crippen molar-refractivity contribution in [3.05, 3.63) is 36.4 Å². The van der Waals surface area contributed by atoms with Gasteiger partial charge in [-0.05, 0) is 36.5 Å². The molecule has 2 aromatic rings. The quantitative estimate of drug-likeness (QED) is 0.832. The van der Waals surface area contributed by atoms with E-state index in [0.29, 0.717) is 5.75 Å². The Labute approximate surface area is 88.0 Å². The minimum atomic E-state index is 0.347. The molecule has 0 aliphatic heterocycles. The minimum Gasteiger partial charge on any atom is -0.506 e. The first-order chi connectivity index (χ1) is 6.33. The molecule has 2 aromatic carbocycles. The van der Waals surface area contributed by atoms with Gasteiger partial charge in [0, 0.05) is 5.39 Å². The van der Waals surface area contributed by atoms with Crippen molar-refractivity contribution in [3.8, 4) is 5.75 Å². The van der Waals surface area contributed by atoms with Crippen molar-refractivity contribution in [2.45, 2.75) is 4.90 Å². The number of halogens is 1. The lowest BCUT2D eigenvalue weighted by molar-refractivity contribution is 0.469. The van der Waals surface area contributed by atoms with Crippen LogP contribution in [0.2, 0.25) is 0 Å². The normalized spacial score (nSPS) is 10.5. The molecule has 0 aliphatic carbocycles. The average Bonchev–Trinajstić information content (AvgIpc) is 2.19. The van der Waals surface area contributed by atoms with E-state index in [1.807, 2.05) is 36.4 Å². The van der Waals surface area contributed by atoms with E-state index in [1.165, 1.54) is 10.2 Å². The zero-order valence-corrected chi connectivity index (χ0v) is 9.10. The molecule has 0 atom stereocenters. The summed E-state index contributed by atoms with van der Waals surface area (Å²) in [6.07, 6.45) is 0. The second-order valence-electron chi connectivity index (χ2n) is 2.71. The molecule has 0 fully saturated rings. The Hall–Kier alpha value is -0.670. The molecule has 1 nitrogen and oxygen atoms in total. The lowest BCUT2D eigenvalue weighted by atomic mass is 10.1. The van der Waals surface area contributed by atoms with Crippen LogP contribution in [0.25, 0.3) is 10.8 Å². The molecule has 1 N–H and O–H groups in total. The van der Waals surface area contributed by atoms with Crippen molar-refractivity contribution in [1.29, 1.82) is 0 Å². The van der Waals surface area contributed by atoms with Gasteiger partial charge < -0.3 is 5.11 Å². The Balaban J connectivity index is 2.79. The van der Waals surface area contributed by atoms with Crippen molar-refractivity contribution in [2.24, 2.45) is 0 Å². The highest BCUT2D eigenvalue weighted by Gasteiger charge is 2.04. The number of phenols is 1. The molecule has 0 spiro atoms. The molecule has 0 aliphatic rings. The maximum Gasteiger partial charge on any atom is 0.137 e. The SMILES string of the molecule is Oc1c(SBr)ccc2ccccc12. The van der Waals surface area contributed by atoms with Gasteiger partial charge in [-0.3, -0.25) is 0 Å². The van der Waals surface area contributed by atoms with E-state index in [9.17, 15) is 5.11 Å². The molecule has 0 amide bonds. The van der Waals surface area contributed by atoms with E-state index in [4.69, 9.17) is 0 Å². The van der Waals surface area contributed by atoms with Gasteiger partial charge in [-0.15, -0.1) is 0 Å². The molecule has 0 aromatic heterocycles. The van der Waals surface area contributed by atoms with Crippen LogP contribution >= 0.6 is 25.0 Å². The first kappa shape index (κ1) is 8.91. The number of fused-ring (bicyclic) bond motifs is 1. The Morgan fingerprint density at radius 1 is 1.08 bits per heavy atom. The van der Waals surface area contributed by atoms with Crippen LogP contribution in [0, 0.1) is 0 Å². The summed E-state index contributed by atoms with van der Waals surface area (Å²) in [5.41, 5.74) is 0. The van der Waals surface area contributed by atoms with Crippen LogP contribution in [-0.2, 0) is 0 Å². The molecule has 0 saturated carbocycles. The summed E-state index contributed by atoms with van der Waals surface area (Å²) in [5.74, 6) is 0.347. The summed E-state index contributed by atoms with van der Waals surface area (Å²) in [6.45, 7) is 0. The van der Waals surface area contributed by atoms with Crippen molar-refractivity contribution < 1.29 is 5.11 Å². The predicted molar refractivity (Wildman–Crippen MR) is 60.4 cm³/mol. The summed E-state index contributed by atoms with van der Waals surface area (Å²) >= 11 is 3.25. The summed E-state index contributed by atoms with van der Waals surface area (Å²) in [7, 11) is 1.37. The molecule has 13 heavy (non-hydrogen) atoms. The van der Waals surface area contributed by atoms with Crippen LogP contribution in [0.3, 0.4) is 0 Å². The third-order valence-electron chi connectivity index (χ3n) is 1.95. The number of aromatic hydroxyl groups is 1. The van der Waals surface area contributed by atoms with Crippen LogP contribution in [0.15, 0.2) is 41.3 Å². The fraction of sp³-hybridized carbons (Fsp3) is 0. The maximum atomic E-state index is 9.80. The number of hydrogen-bond acceptors (Lipinski definition) is 2. The molecular formula is C10H7BrOS. The van der Waals surface area contributed by atoms with Gasteiger partial charge >= 0.3 is 0 Å². The van der Waals surface area contributed by atoms with Gasteiger partial charge in [-0.2, -0.15) is 0 Å². The largest absolute Gasteiger partial charge is 0.506 e. The van der Waals surface area contributed by atoms with Crippen molar-refractivity contribution >= 4 is 35.8 Å². The van der Waals surface area contributed by atoms with E-state index >= 15 is 0 Å². The first-order valence-electron chi connectivity index (χ1n) is 3.82. The van der Waals surface area contributed by atoms with Crippen LogP contribution in [0.1, 0.15) is 0 Å². The lowest BCUT2D eigenvalue weighted by Crippen LogP contribution is -1.75. The average molecular weight is 255 g/mol. The molecule has 3 heteroatoms. The third kappa shape index (κ3) is 1.54. The maximum absolute atomic E-state index is 9.80. The number of hydrogen-bond donors (Lipinski definition) is 1. The third-order valence-corrected chi connectivity index (χ3v) is 3.49. The van der Waals surface area contributed by atoms with Gasteiger partial charge in [0.1, 0.15) is 5.75 Å². The smallest absolute Gasteiger partial charge is 0.137 e. The molecule has 0 saturated heterocycles. The Bertz CT molecular complexity index is 442. The number of phenolic OH excluding ortho intramolecular Hbond substituents is 1. The van der Waals surface area contributed by atoms with Gasteiger partial charge in [0.2, 0.25) is 0 Å². The van der Waals surface area contributed by atoms with Gasteiger partial charge in [0.25, 0.3) is 0 Å². The molecule has 0 unspecified atom stereocenters. The van der Waals surface area contributed by atoms with Crippen molar-refractivity contribution in [2.75, 3.05) is 0 Å².